The monoisotopic (exact) mass is 282 g/mol. The predicted molar refractivity (Wildman–Crippen MR) is 84.9 cm³/mol. The van der Waals surface area contributed by atoms with Gasteiger partial charge in [0, 0.05) is 19.4 Å². The molecule has 1 aliphatic carbocycles. The summed E-state index contributed by atoms with van der Waals surface area (Å²) in [5, 5.41) is 0. The Balaban J connectivity index is 2.53. The van der Waals surface area contributed by atoms with Gasteiger partial charge in [0.25, 0.3) is 0 Å². The van der Waals surface area contributed by atoms with Gasteiger partial charge in [0.05, 0.1) is 6.61 Å². The Bertz CT molecular complexity index is 256. The molecule has 1 saturated carbocycles. The summed E-state index contributed by atoms with van der Waals surface area (Å²) in [4.78, 5) is 12.7. The van der Waals surface area contributed by atoms with E-state index in [9.17, 15) is 4.79 Å². The molecular weight excluding hydrogens is 248 g/mol. The SMILES string of the molecule is CCCCC(CC)CC(=O)C(COC)C1CCCCC1. The molecule has 0 bridgehead atoms. The van der Waals surface area contributed by atoms with Crippen molar-refractivity contribution in [3.05, 3.63) is 0 Å². The Kier molecular flexibility index (Phi) is 9.17. The number of ketones is 1. The molecule has 0 aromatic carbocycles. The van der Waals surface area contributed by atoms with Gasteiger partial charge in [-0.25, -0.2) is 0 Å². The lowest BCUT2D eigenvalue weighted by Crippen LogP contribution is -2.30. The summed E-state index contributed by atoms with van der Waals surface area (Å²) in [6.45, 7) is 5.08. The first-order valence-electron chi connectivity index (χ1n) is 8.74. The van der Waals surface area contributed by atoms with Crippen LogP contribution in [0.15, 0.2) is 0 Å². The van der Waals surface area contributed by atoms with Crippen LogP contribution in [0.5, 0.6) is 0 Å². The van der Waals surface area contributed by atoms with Gasteiger partial charge in [-0.3, -0.25) is 4.79 Å². The van der Waals surface area contributed by atoms with E-state index in [-0.39, 0.29) is 5.92 Å². The van der Waals surface area contributed by atoms with Crippen molar-refractivity contribution < 1.29 is 9.53 Å². The van der Waals surface area contributed by atoms with E-state index in [1.165, 1.54) is 51.4 Å². The Morgan fingerprint density at radius 1 is 1.20 bits per heavy atom. The summed E-state index contributed by atoms with van der Waals surface area (Å²) in [7, 11) is 1.73. The molecule has 0 aliphatic heterocycles. The molecule has 0 aromatic heterocycles. The summed E-state index contributed by atoms with van der Waals surface area (Å²) in [6, 6.07) is 0. The van der Waals surface area contributed by atoms with Crippen molar-refractivity contribution in [2.45, 2.75) is 78.1 Å². The average Bonchev–Trinajstić information content (AvgIpc) is 2.49. The molecule has 0 N–H and O–H groups in total. The first-order valence-corrected chi connectivity index (χ1v) is 8.74. The minimum atomic E-state index is 0.163. The molecule has 0 heterocycles. The van der Waals surface area contributed by atoms with Crippen molar-refractivity contribution in [1.82, 2.24) is 0 Å². The minimum Gasteiger partial charge on any atom is -0.384 e. The highest BCUT2D eigenvalue weighted by molar-refractivity contribution is 5.81. The summed E-state index contributed by atoms with van der Waals surface area (Å²) < 4.78 is 5.35. The standard InChI is InChI=1S/C18H34O2/c1-4-6-10-15(5-2)13-18(19)17(14-20-3)16-11-8-7-9-12-16/h15-17H,4-14H2,1-3H3. The van der Waals surface area contributed by atoms with Gasteiger partial charge in [0.15, 0.2) is 0 Å². The predicted octanol–water partition coefficient (Wildman–Crippen LogP) is 5.00. The fourth-order valence-corrected chi connectivity index (χ4v) is 3.59. The Morgan fingerprint density at radius 3 is 2.45 bits per heavy atom. The molecule has 0 radical (unpaired) electrons. The highest BCUT2D eigenvalue weighted by Gasteiger charge is 2.30. The zero-order valence-corrected chi connectivity index (χ0v) is 13.8. The largest absolute Gasteiger partial charge is 0.384 e. The van der Waals surface area contributed by atoms with Gasteiger partial charge in [-0.05, 0) is 24.7 Å². The molecule has 2 atom stereocenters. The van der Waals surface area contributed by atoms with Crippen LogP contribution < -0.4 is 0 Å². The van der Waals surface area contributed by atoms with Gasteiger partial charge in [0.2, 0.25) is 0 Å². The number of methoxy groups -OCH3 is 1. The Labute approximate surface area is 125 Å². The lowest BCUT2D eigenvalue weighted by atomic mass is 9.76. The molecule has 0 aromatic rings. The summed E-state index contributed by atoms with van der Waals surface area (Å²) >= 11 is 0. The fourth-order valence-electron chi connectivity index (χ4n) is 3.59. The normalized spacial score (nSPS) is 19.8. The lowest BCUT2D eigenvalue weighted by Gasteiger charge is -2.30. The minimum absolute atomic E-state index is 0.163. The molecule has 2 heteroatoms. The summed E-state index contributed by atoms with van der Waals surface area (Å²) in [5.74, 6) is 1.81. The van der Waals surface area contributed by atoms with E-state index < -0.39 is 0 Å². The van der Waals surface area contributed by atoms with Crippen molar-refractivity contribution in [3.63, 3.8) is 0 Å². The second-order valence-electron chi connectivity index (χ2n) is 6.55. The molecule has 1 fully saturated rings. The number of hydrogen-bond donors (Lipinski definition) is 0. The molecule has 2 nitrogen and oxygen atoms in total. The maximum Gasteiger partial charge on any atom is 0.138 e. The molecular formula is C18H34O2. The van der Waals surface area contributed by atoms with Gasteiger partial charge in [-0.15, -0.1) is 0 Å². The van der Waals surface area contributed by atoms with Gasteiger partial charge in [-0.2, -0.15) is 0 Å². The van der Waals surface area contributed by atoms with Gasteiger partial charge < -0.3 is 4.74 Å². The average molecular weight is 282 g/mol. The van der Waals surface area contributed by atoms with Crippen LogP contribution in [-0.2, 0) is 9.53 Å². The molecule has 0 spiro atoms. The van der Waals surface area contributed by atoms with Gasteiger partial charge in [-0.1, -0.05) is 58.8 Å². The number of carbonyl (C=O) groups is 1. The van der Waals surface area contributed by atoms with Crippen LogP contribution in [0.1, 0.15) is 78.1 Å². The maximum absolute atomic E-state index is 12.7. The quantitative estimate of drug-likeness (QED) is 0.563. The van der Waals surface area contributed by atoms with Crippen LogP contribution >= 0.6 is 0 Å². The van der Waals surface area contributed by atoms with Crippen molar-refractivity contribution in [1.29, 1.82) is 0 Å². The lowest BCUT2D eigenvalue weighted by molar-refractivity contribution is -0.128. The molecule has 0 saturated heterocycles. The number of carbonyl (C=O) groups excluding carboxylic acids is 1. The summed E-state index contributed by atoms with van der Waals surface area (Å²) in [5.41, 5.74) is 0. The Morgan fingerprint density at radius 2 is 1.90 bits per heavy atom. The summed E-state index contributed by atoms with van der Waals surface area (Å²) in [6.07, 6.45) is 12.0. The topological polar surface area (TPSA) is 26.3 Å². The van der Waals surface area contributed by atoms with E-state index in [1.807, 2.05) is 0 Å². The zero-order chi connectivity index (χ0) is 14.8. The molecule has 2 unspecified atom stereocenters. The number of unbranched alkanes of at least 4 members (excludes halogenated alkanes) is 1. The third-order valence-corrected chi connectivity index (χ3v) is 5.01. The van der Waals surface area contributed by atoms with Crippen molar-refractivity contribution in [3.8, 4) is 0 Å². The van der Waals surface area contributed by atoms with E-state index >= 15 is 0 Å². The maximum atomic E-state index is 12.7. The highest BCUT2D eigenvalue weighted by atomic mass is 16.5. The zero-order valence-electron chi connectivity index (χ0n) is 13.8. The van der Waals surface area contributed by atoms with Crippen LogP contribution in [0.3, 0.4) is 0 Å². The molecule has 20 heavy (non-hydrogen) atoms. The number of Topliss-reactive ketones (excluding diaryl/α,β-unsaturated/α-hetero) is 1. The number of rotatable bonds is 10. The van der Waals surface area contributed by atoms with Crippen molar-refractivity contribution in [2.75, 3.05) is 13.7 Å². The third kappa shape index (κ3) is 5.95. The van der Waals surface area contributed by atoms with Crippen LogP contribution in [0.4, 0.5) is 0 Å². The molecule has 1 aliphatic rings. The van der Waals surface area contributed by atoms with E-state index in [4.69, 9.17) is 4.74 Å². The Hall–Kier alpha value is -0.370. The van der Waals surface area contributed by atoms with E-state index in [0.29, 0.717) is 24.2 Å². The van der Waals surface area contributed by atoms with E-state index in [2.05, 4.69) is 13.8 Å². The van der Waals surface area contributed by atoms with Crippen LogP contribution in [-0.4, -0.2) is 19.5 Å². The van der Waals surface area contributed by atoms with E-state index in [1.54, 1.807) is 7.11 Å². The van der Waals surface area contributed by atoms with Gasteiger partial charge in [0.1, 0.15) is 5.78 Å². The van der Waals surface area contributed by atoms with Crippen molar-refractivity contribution in [2.24, 2.45) is 17.8 Å². The third-order valence-electron chi connectivity index (χ3n) is 5.01. The second-order valence-corrected chi connectivity index (χ2v) is 6.55. The van der Waals surface area contributed by atoms with Crippen LogP contribution in [0.2, 0.25) is 0 Å². The smallest absolute Gasteiger partial charge is 0.138 e. The first-order chi connectivity index (χ1) is 9.72. The van der Waals surface area contributed by atoms with Crippen LogP contribution in [0, 0.1) is 17.8 Å². The fraction of sp³-hybridized carbons (Fsp3) is 0.944. The number of hydrogen-bond acceptors (Lipinski definition) is 2. The second kappa shape index (κ2) is 10.4. The van der Waals surface area contributed by atoms with Crippen LogP contribution in [0.25, 0.3) is 0 Å². The van der Waals surface area contributed by atoms with Gasteiger partial charge >= 0.3 is 0 Å². The number of ether oxygens (including phenoxy) is 1. The van der Waals surface area contributed by atoms with Crippen molar-refractivity contribution >= 4 is 5.78 Å². The first kappa shape index (κ1) is 17.7. The molecule has 118 valence electrons. The molecule has 1 rings (SSSR count). The highest BCUT2D eigenvalue weighted by Crippen LogP contribution is 2.32. The van der Waals surface area contributed by atoms with E-state index in [0.717, 1.165) is 12.8 Å². The molecule has 0 amide bonds.